The van der Waals surface area contributed by atoms with Crippen molar-refractivity contribution in [3.8, 4) is 5.75 Å². The van der Waals surface area contributed by atoms with E-state index in [2.05, 4.69) is 5.32 Å². The molecule has 5 nitrogen and oxygen atoms in total. The zero-order chi connectivity index (χ0) is 20.8. The minimum Gasteiger partial charge on any atom is -0.488 e. The molecule has 1 heterocycles. The second-order valence-corrected chi connectivity index (χ2v) is 7.62. The lowest BCUT2D eigenvalue weighted by Gasteiger charge is -2.14. The third-order valence-electron chi connectivity index (χ3n) is 4.53. The van der Waals surface area contributed by atoms with Crippen molar-refractivity contribution in [2.24, 2.45) is 0 Å². The van der Waals surface area contributed by atoms with E-state index in [9.17, 15) is 9.59 Å². The van der Waals surface area contributed by atoms with Crippen LogP contribution in [0.3, 0.4) is 0 Å². The SMILES string of the molecule is O=C1SC(=Cc2ccccc2OCc2ccccc2)C(=O)N1CNc1ccccc1. The van der Waals surface area contributed by atoms with Crippen molar-refractivity contribution in [2.75, 3.05) is 12.0 Å². The van der Waals surface area contributed by atoms with E-state index in [0.29, 0.717) is 17.3 Å². The Labute approximate surface area is 179 Å². The Hall–Kier alpha value is -3.51. The molecule has 2 amide bonds. The number of carbonyl (C=O) groups excluding carboxylic acids is 2. The average Bonchev–Trinajstić information content (AvgIpc) is 3.05. The van der Waals surface area contributed by atoms with Crippen LogP contribution in [0.4, 0.5) is 10.5 Å². The number of nitrogens with zero attached hydrogens (tertiary/aromatic N) is 1. The van der Waals surface area contributed by atoms with E-state index in [4.69, 9.17) is 4.74 Å². The number of thioether (sulfide) groups is 1. The van der Waals surface area contributed by atoms with Gasteiger partial charge in [-0.15, -0.1) is 0 Å². The number of carbonyl (C=O) groups is 2. The van der Waals surface area contributed by atoms with E-state index >= 15 is 0 Å². The number of hydrogen-bond acceptors (Lipinski definition) is 5. The lowest BCUT2D eigenvalue weighted by molar-refractivity contribution is -0.122. The van der Waals surface area contributed by atoms with Crippen molar-refractivity contribution in [2.45, 2.75) is 6.61 Å². The summed E-state index contributed by atoms with van der Waals surface area (Å²) in [5.41, 5.74) is 2.66. The van der Waals surface area contributed by atoms with E-state index in [0.717, 1.165) is 28.6 Å². The molecule has 150 valence electrons. The van der Waals surface area contributed by atoms with Crippen LogP contribution in [-0.4, -0.2) is 22.7 Å². The Morgan fingerprint density at radius 2 is 1.53 bits per heavy atom. The standard InChI is InChI=1S/C24H20N2O3S/c27-23-22(30-24(28)26(23)17-25-20-12-5-2-6-13-20)15-19-11-7-8-14-21(19)29-16-18-9-3-1-4-10-18/h1-15,25H,16-17H2. The quantitative estimate of drug-likeness (QED) is 0.525. The second-order valence-electron chi connectivity index (χ2n) is 6.62. The minimum atomic E-state index is -0.314. The molecule has 0 spiro atoms. The van der Waals surface area contributed by atoms with Gasteiger partial charge >= 0.3 is 0 Å². The van der Waals surface area contributed by atoms with Gasteiger partial charge in [0.15, 0.2) is 0 Å². The van der Waals surface area contributed by atoms with Crippen molar-refractivity contribution in [3.63, 3.8) is 0 Å². The third-order valence-corrected chi connectivity index (χ3v) is 5.44. The van der Waals surface area contributed by atoms with Crippen LogP contribution < -0.4 is 10.1 Å². The Morgan fingerprint density at radius 3 is 2.30 bits per heavy atom. The van der Waals surface area contributed by atoms with Crippen LogP contribution in [-0.2, 0) is 11.4 Å². The van der Waals surface area contributed by atoms with Crippen LogP contribution in [0.2, 0.25) is 0 Å². The van der Waals surface area contributed by atoms with Crippen molar-refractivity contribution >= 4 is 34.7 Å². The van der Waals surface area contributed by atoms with Gasteiger partial charge in [-0.1, -0.05) is 66.7 Å². The maximum Gasteiger partial charge on any atom is 0.295 e. The second kappa shape index (κ2) is 9.33. The minimum absolute atomic E-state index is 0.123. The molecule has 30 heavy (non-hydrogen) atoms. The molecule has 1 saturated heterocycles. The van der Waals surface area contributed by atoms with Gasteiger partial charge in [-0.25, -0.2) is 0 Å². The van der Waals surface area contributed by atoms with Crippen molar-refractivity contribution in [1.82, 2.24) is 4.90 Å². The van der Waals surface area contributed by atoms with Crippen molar-refractivity contribution in [1.29, 1.82) is 0 Å². The molecule has 1 N–H and O–H groups in total. The molecule has 3 aromatic rings. The van der Waals surface area contributed by atoms with Crippen LogP contribution in [0.15, 0.2) is 89.8 Å². The smallest absolute Gasteiger partial charge is 0.295 e. The molecular weight excluding hydrogens is 396 g/mol. The lowest BCUT2D eigenvalue weighted by Crippen LogP contribution is -2.33. The predicted octanol–water partition coefficient (Wildman–Crippen LogP) is 5.37. The highest BCUT2D eigenvalue weighted by Gasteiger charge is 2.35. The van der Waals surface area contributed by atoms with Gasteiger partial charge in [0.1, 0.15) is 12.4 Å². The number of amides is 2. The summed E-state index contributed by atoms with van der Waals surface area (Å²) in [6, 6.07) is 26.8. The fourth-order valence-electron chi connectivity index (χ4n) is 2.97. The molecule has 0 atom stereocenters. The molecule has 1 aliphatic heterocycles. The normalized spacial score (nSPS) is 14.9. The van der Waals surface area contributed by atoms with Crippen molar-refractivity contribution in [3.05, 3.63) is 101 Å². The summed E-state index contributed by atoms with van der Waals surface area (Å²) in [5, 5.41) is 2.81. The highest BCUT2D eigenvalue weighted by Crippen LogP contribution is 2.34. The van der Waals surface area contributed by atoms with Crippen LogP contribution in [0.1, 0.15) is 11.1 Å². The Bertz CT molecular complexity index is 1070. The molecule has 4 rings (SSSR count). The maximum atomic E-state index is 12.8. The van der Waals surface area contributed by atoms with Gasteiger partial charge in [0.05, 0.1) is 11.6 Å². The molecule has 0 unspecified atom stereocenters. The van der Waals surface area contributed by atoms with Crippen LogP contribution in [0.25, 0.3) is 6.08 Å². The summed E-state index contributed by atoms with van der Waals surface area (Å²) in [6.07, 6.45) is 1.72. The summed E-state index contributed by atoms with van der Waals surface area (Å²) in [5.74, 6) is 0.349. The number of nitrogens with one attached hydrogen (secondary N) is 1. The first-order chi connectivity index (χ1) is 14.7. The van der Waals surface area contributed by atoms with Crippen molar-refractivity contribution < 1.29 is 14.3 Å². The molecule has 0 radical (unpaired) electrons. The van der Waals surface area contributed by atoms with Gasteiger partial charge in [-0.3, -0.25) is 14.5 Å². The maximum absolute atomic E-state index is 12.8. The van der Waals surface area contributed by atoms with Gasteiger partial charge < -0.3 is 10.1 Å². The number of para-hydroxylation sites is 2. The molecule has 6 heteroatoms. The van der Waals surface area contributed by atoms with E-state index in [1.165, 1.54) is 4.90 Å². The molecule has 1 aliphatic rings. The number of benzene rings is 3. The first-order valence-electron chi connectivity index (χ1n) is 9.51. The van der Waals surface area contributed by atoms with E-state index in [-0.39, 0.29) is 17.8 Å². The number of imide groups is 1. The molecule has 1 fully saturated rings. The topological polar surface area (TPSA) is 58.6 Å². The fourth-order valence-corrected chi connectivity index (χ4v) is 3.80. The van der Waals surface area contributed by atoms with Gasteiger partial charge in [-0.2, -0.15) is 0 Å². The molecule has 0 bridgehead atoms. The largest absolute Gasteiger partial charge is 0.488 e. The van der Waals surface area contributed by atoms with E-state index in [1.807, 2.05) is 84.9 Å². The highest BCUT2D eigenvalue weighted by molar-refractivity contribution is 8.18. The first-order valence-corrected chi connectivity index (χ1v) is 10.3. The zero-order valence-electron chi connectivity index (χ0n) is 16.2. The monoisotopic (exact) mass is 416 g/mol. The fraction of sp³-hybridized carbons (Fsp3) is 0.0833. The molecular formula is C24H20N2O3S. The van der Waals surface area contributed by atoms with Gasteiger partial charge in [-0.05, 0) is 41.6 Å². The lowest BCUT2D eigenvalue weighted by atomic mass is 10.1. The van der Waals surface area contributed by atoms with Crippen LogP contribution in [0, 0.1) is 0 Å². The number of hydrogen-bond donors (Lipinski definition) is 1. The Morgan fingerprint density at radius 1 is 0.867 bits per heavy atom. The highest BCUT2D eigenvalue weighted by atomic mass is 32.2. The summed E-state index contributed by atoms with van der Waals surface area (Å²) in [6.45, 7) is 0.548. The number of rotatable bonds is 7. The predicted molar refractivity (Wildman–Crippen MR) is 120 cm³/mol. The molecule has 3 aromatic carbocycles. The first kappa shape index (κ1) is 19.8. The van der Waals surface area contributed by atoms with E-state index < -0.39 is 0 Å². The molecule has 0 saturated carbocycles. The van der Waals surface area contributed by atoms with Crippen LogP contribution in [0.5, 0.6) is 5.75 Å². The average molecular weight is 417 g/mol. The Balaban J connectivity index is 1.47. The van der Waals surface area contributed by atoms with Crippen LogP contribution >= 0.6 is 11.8 Å². The number of ether oxygens (including phenoxy) is 1. The van der Waals surface area contributed by atoms with Gasteiger partial charge in [0, 0.05) is 11.3 Å². The summed E-state index contributed by atoms with van der Waals surface area (Å²) >= 11 is 0.938. The Kier molecular flexibility index (Phi) is 6.15. The summed E-state index contributed by atoms with van der Waals surface area (Å²) in [7, 11) is 0. The number of anilines is 1. The third kappa shape index (κ3) is 4.72. The molecule has 0 aliphatic carbocycles. The zero-order valence-corrected chi connectivity index (χ0v) is 17.0. The van der Waals surface area contributed by atoms with Gasteiger partial charge in [0.2, 0.25) is 0 Å². The van der Waals surface area contributed by atoms with Gasteiger partial charge in [0.25, 0.3) is 11.1 Å². The summed E-state index contributed by atoms with van der Waals surface area (Å²) < 4.78 is 5.95. The van der Waals surface area contributed by atoms with E-state index in [1.54, 1.807) is 6.08 Å². The molecule has 0 aromatic heterocycles. The summed E-state index contributed by atoms with van der Waals surface area (Å²) in [4.78, 5) is 26.7.